The van der Waals surface area contributed by atoms with Gasteiger partial charge in [-0.1, -0.05) is 237 Å². The number of hydrogen-bond acceptors (Lipinski definition) is 0. The summed E-state index contributed by atoms with van der Waals surface area (Å²) >= 11 is 0. The summed E-state index contributed by atoms with van der Waals surface area (Å²) in [6.07, 6.45) is 55.9. The molecule has 0 aromatic carbocycles. The van der Waals surface area contributed by atoms with Gasteiger partial charge < -0.3 is 0 Å². The van der Waals surface area contributed by atoms with Crippen molar-refractivity contribution in [2.45, 2.75) is 372 Å². The minimum atomic E-state index is -0.190. The van der Waals surface area contributed by atoms with Crippen LogP contribution in [0.5, 0.6) is 0 Å². The first-order chi connectivity index (χ1) is 43.4. The normalized spacial score (nSPS) is 45.8. The van der Waals surface area contributed by atoms with Crippen LogP contribution in [0.1, 0.15) is 384 Å². The zero-order chi connectivity index (χ0) is 66.8. The molecule has 83 heavy (non-hydrogen) atoms. The molecule has 0 aromatic rings. The molecule has 0 amide bonds. The summed E-state index contributed by atoms with van der Waals surface area (Å²) in [5.41, 5.74) is 0. The van der Waals surface area contributed by atoms with E-state index in [2.05, 4.69) is 48.5 Å². The lowest BCUT2D eigenvalue weighted by molar-refractivity contribution is -0.0376. The van der Waals surface area contributed by atoms with E-state index in [1.54, 1.807) is 0 Å². The summed E-state index contributed by atoms with van der Waals surface area (Å²) < 4.78 is 69.5. The van der Waals surface area contributed by atoms with Gasteiger partial charge in [0.2, 0.25) is 0 Å². The molecule has 0 radical (unpaired) electrons. The summed E-state index contributed by atoms with van der Waals surface area (Å²) in [7, 11) is 0. The van der Waals surface area contributed by atoms with E-state index < -0.39 is 0 Å². The maximum absolute atomic E-state index is 7.95. The molecule has 0 aliphatic heterocycles. The number of fused-ring (bicyclic) bond motifs is 9. The van der Waals surface area contributed by atoms with Crippen LogP contribution in [0.3, 0.4) is 0 Å². The fourth-order valence-corrected chi connectivity index (χ4v) is 22.7. The highest BCUT2D eigenvalue weighted by molar-refractivity contribution is 4.98. The highest BCUT2D eigenvalue weighted by atomic mass is 14.5. The van der Waals surface area contributed by atoms with Crippen LogP contribution in [0.25, 0.3) is 0 Å². The molecular formula is C83H152. The van der Waals surface area contributed by atoms with Crippen molar-refractivity contribution in [1.29, 1.82) is 0 Å². The Hall–Kier alpha value is 0. The third-order valence-corrected chi connectivity index (χ3v) is 27.9. The third kappa shape index (κ3) is 20.0. The summed E-state index contributed by atoms with van der Waals surface area (Å²) in [6.45, 7) is 24.7. The molecule has 13 unspecified atom stereocenters. The molecule has 20 aliphatic carbocycles. The number of rotatable bonds is 9. The average Bonchev–Trinajstić information content (AvgIpc) is 1.13. The Morgan fingerprint density at radius 1 is 0.241 bits per heavy atom. The van der Waals surface area contributed by atoms with E-state index in [-0.39, 0.29) is 56.1 Å². The van der Waals surface area contributed by atoms with Crippen LogP contribution in [0.2, 0.25) is 0 Å². The standard InChI is InChI=1S/C12H20.C10H18.C10H20.2C9H16.C9H18.2C8H14.C8H16/c1-2-12-10-4-8-3-9(6-10)7-11(12)5-8;1-2-9-7-8-3-5-10(9)6-4-8;1-9(2)10-7-5-3-4-6-8-10;1-2-8-5-7-3-4-9(8)6-7;1-2-9-7-3-4-8(9)6-5-7;1-8(2)9-6-4-3-5-7-9;1-2-7-3-6-4-8(7)5-6;1-2-8-6-3-4-7(8)5-6;1-7(2)8-5-3-4-6-8/h8-12H,2-7H2,1H3;8-10H,2-7H2,1H3;9-10H,3-8H2,1-2H3;2*7-9H,2-6H2,1H3;8-9H,3-7H2,1-2H3;2*6-8H,2-5H2,1H3;7-8H,3-6H2,1-2H3/i2*2D;9D;2*2D;8D;2*2D;7D. The second kappa shape index (κ2) is 35.6. The molecule has 0 heteroatoms. The maximum Gasteiger partial charge on any atom is 0.0300 e. The highest BCUT2D eigenvalue weighted by Crippen LogP contribution is 2.58. The predicted molar refractivity (Wildman–Crippen MR) is 367 cm³/mol. The van der Waals surface area contributed by atoms with Crippen molar-refractivity contribution in [2.75, 3.05) is 0 Å². The second-order valence-corrected chi connectivity index (χ2v) is 33.4. The van der Waals surface area contributed by atoms with Crippen molar-refractivity contribution in [3.05, 3.63) is 0 Å². The summed E-state index contributed by atoms with van der Waals surface area (Å²) in [5, 5.41) is 0. The monoisotopic (exact) mass is 1160 g/mol. The highest BCUT2D eigenvalue weighted by Gasteiger charge is 2.48. The van der Waals surface area contributed by atoms with Gasteiger partial charge in [-0.15, -0.1) is 0 Å². The molecular weight excluding hydrogens is 997 g/mol. The topological polar surface area (TPSA) is 0 Å². The lowest BCUT2D eigenvalue weighted by Gasteiger charge is -2.54. The van der Waals surface area contributed by atoms with Gasteiger partial charge >= 0.3 is 0 Å². The molecule has 20 rings (SSSR count). The van der Waals surface area contributed by atoms with Gasteiger partial charge in [-0.25, -0.2) is 0 Å². The molecule has 0 nitrogen and oxygen atoms in total. The van der Waals surface area contributed by atoms with Gasteiger partial charge in [0, 0.05) is 12.3 Å². The van der Waals surface area contributed by atoms with E-state index in [1.165, 1.54) is 250 Å². The Morgan fingerprint density at radius 3 is 0.807 bits per heavy atom. The van der Waals surface area contributed by atoms with Gasteiger partial charge in [0.15, 0.2) is 0 Å². The molecule has 20 aliphatic rings. The van der Waals surface area contributed by atoms with Crippen LogP contribution >= 0.6 is 0 Å². The second-order valence-electron chi connectivity index (χ2n) is 33.4. The van der Waals surface area contributed by atoms with Crippen molar-refractivity contribution in [2.24, 2.45) is 154 Å². The summed E-state index contributed by atoms with van der Waals surface area (Å²) in [6, 6.07) is 0. The number of hydrogen-bond donors (Lipinski definition) is 0. The minimum Gasteiger partial charge on any atom is -0.0651 e. The molecule has 13 atom stereocenters. The Kier molecular flexibility index (Phi) is 24.4. The van der Waals surface area contributed by atoms with Crippen LogP contribution in [-0.4, -0.2) is 0 Å². The van der Waals surface area contributed by atoms with Gasteiger partial charge in [0.05, 0.1) is 0 Å². The van der Waals surface area contributed by atoms with Crippen LogP contribution in [0.4, 0.5) is 0 Å². The van der Waals surface area contributed by atoms with Crippen molar-refractivity contribution in [1.82, 2.24) is 0 Å². The molecule has 0 N–H and O–H groups in total. The van der Waals surface area contributed by atoms with E-state index in [0.717, 1.165) is 118 Å². The van der Waals surface area contributed by atoms with Crippen LogP contribution < -0.4 is 0 Å². The van der Waals surface area contributed by atoms with Gasteiger partial charge in [-0.05, 0) is 289 Å². The third-order valence-electron chi connectivity index (χ3n) is 27.9. The molecule has 20 fully saturated rings. The molecule has 0 spiro atoms. The summed E-state index contributed by atoms with van der Waals surface area (Å²) in [5.74, 6) is 19.8. The molecule has 0 heterocycles. The van der Waals surface area contributed by atoms with E-state index in [0.29, 0.717) is 17.8 Å². The molecule has 0 aromatic heterocycles. The van der Waals surface area contributed by atoms with Crippen molar-refractivity contribution >= 4 is 0 Å². The van der Waals surface area contributed by atoms with Crippen molar-refractivity contribution in [3.8, 4) is 0 Å². The minimum absolute atomic E-state index is 0.170. The largest absolute Gasteiger partial charge is 0.0651 e. The van der Waals surface area contributed by atoms with Crippen LogP contribution in [0.15, 0.2) is 0 Å². The zero-order valence-corrected chi connectivity index (χ0v) is 57.8. The smallest absolute Gasteiger partial charge is 0.0300 e. The zero-order valence-electron chi connectivity index (χ0n) is 66.8. The van der Waals surface area contributed by atoms with Gasteiger partial charge in [0.1, 0.15) is 0 Å². The van der Waals surface area contributed by atoms with E-state index >= 15 is 0 Å². The van der Waals surface area contributed by atoms with Gasteiger partial charge in [-0.2, -0.15) is 0 Å². The fraction of sp³-hybridized carbons (Fsp3) is 1.00. The lowest BCUT2D eigenvalue weighted by Crippen LogP contribution is -2.44. The summed E-state index contributed by atoms with van der Waals surface area (Å²) in [4.78, 5) is 0. The van der Waals surface area contributed by atoms with Crippen molar-refractivity contribution in [3.63, 3.8) is 0 Å². The SMILES string of the molecule is [2H]C(C)(C)C1CCCC1.[2H]C(C)(C)C1CCCCC1.[2H]C(C)(C)C1CCCCCC1.[2H]C(C)C1C2CC3CC(C2)CC1C3.[2H]C(C)C1C2CCC1C2.[2H]C(C)C1C2CCC1CC2.[2H]C(C)C1CC2CC1C2.[2H]C(C)C1CC2CCC1C2.[2H]C(C)C1CC2CCC1CC2. The fourth-order valence-electron chi connectivity index (χ4n) is 22.7. The van der Waals surface area contributed by atoms with Crippen molar-refractivity contribution < 1.29 is 12.3 Å². The lowest BCUT2D eigenvalue weighted by atomic mass is 9.51. The first kappa shape index (κ1) is 56.9. The first-order valence-corrected chi connectivity index (χ1v) is 38.5. The first-order valence-electron chi connectivity index (χ1n) is 43.4. The van der Waals surface area contributed by atoms with Gasteiger partial charge in [0.25, 0.3) is 0 Å². The Bertz CT molecular complexity index is 1950. The van der Waals surface area contributed by atoms with E-state index in [9.17, 15) is 0 Å². The van der Waals surface area contributed by atoms with E-state index in [1.807, 2.05) is 34.6 Å². The average molecular weight is 1160 g/mol. The van der Waals surface area contributed by atoms with E-state index in [4.69, 9.17) is 12.3 Å². The maximum atomic E-state index is 7.95. The molecule has 14 bridgehead atoms. The van der Waals surface area contributed by atoms with Crippen LogP contribution in [0, 0.1) is 154 Å². The Morgan fingerprint density at radius 2 is 0.530 bits per heavy atom. The predicted octanol–water partition coefficient (Wildman–Crippen LogP) is 26.9. The quantitative estimate of drug-likeness (QED) is 0.202. The Balaban J connectivity index is 0.000000133. The van der Waals surface area contributed by atoms with Crippen LogP contribution in [-0.2, 0) is 0 Å². The molecule has 20 saturated carbocycles. The van der Waals surface area contributed by atoms with Gasteiger partial charge in [-0.3, -0.25) is 0 Å². The Labute approximate surface area is 535 Å². The molecule has 0 saturated heterocycles. The molecule has 484 valence electrons.